The summed E-state index contributed by atoms with van der Waals surface area (Å²) in [6.07, 6.45) is 3.19. The van der Waals surface area contributed by atoms with Gasteiger partial charge < -0.3 is 15.8 Å². The summed E-state index contributed by atoms with van der Waals surface area (Å²) in [4.78, 5) is 14.2. The van der Waals surface area contributed by atoms with Crippen LogP contribution >= 0.6 is 24.8 Å². The van der Waals surface area contributed by atoms with Gasteiger partial charge in [0.2, 0.25) is 0 Å². The molecule has 2 unspecified atom stereocenters. The van der Waals surface area contributed by atoms with Gasteiger partial charge in [-0.05, 0) is 19.3 Å². The Balaban J connectivity index is 0.00000144. The molecule has 0 bridgehead atoms. The number of likely N-dealkylation sites (tertiary alicyclic amines) is 1. The fourth-order valence-corrected chi connectivity index (χ4v) is 2.28. The average molecular weight is 300 g/mol. The lowest BCUT2D eigenvalue weighted by Crippen LogP contribution is -2.46. The molecule has 0 spiro atoms. The minimum Gasteiger partial charge on any atom is -0.370 e. The zero-order chi connectivity index (χ0) is 11.5. The molecular weight excluding hydrogens is 277 g/mol. The van der Waals surface area contributed by atoms with Gasteiger partial charge in [-0.2, -0.15) is 0 Å². The maximum Gasteiger partial charge on any atom is 0.250 e. The van der Waals surface area contributed by atoms with Gasteiger partial charge in [-0.15, -0.1) is 24.8 Å². The molecule has 0 aromatic heterocycles. The van der Waals surface area contributed by atoms with E-state index in [0.717, 1.165) is 25.6 Å². The largest absolute Gasteiger partial charge is 0.370 e. The number of hydrogen-bond donors (Lipinski definition) is 2. The van der Waals surface area contributed by atoms with E-state index in [-0.39, 0.29) is 43.3 Å². The Hall–Kier alpha value is -0.0700. The van der Waals surface area contributed by atoms with Crippen molar-refractivity contribution in [3.8, 4) is 0 Å². The first kappa shape index (κ1) is 17.9. The van der Waals surface area contributed by atoms with Crippen LogP contribution in [-0.2, 0) is 9.53 Å². The number of halogens is 2. The van der Waals surface area contributed by atoms with Crippen LogP contribution in [0.1, 0.15) is 19.3 Å². The zero-order valence-electron chi connectivity index (χ0n) is 10.6. The van der Waals surface area contributed by atoms with Gasteiger partial charge in [0.05, 0.1) is 0 Å². The first-order valence-electron chi connectivity index (χ1n) is 6.02. The van der Waals surface area contributed by atoms with Crippen molar-refractivity contribution < 1.29 is 9.53 Å². The van der Waals surface area contributed by atoms with Gasteiger partial charge in [0, 0.05) is 38.8 Å². The smallest absolute Gasteiger partial charge is 0.250 e. The summed E-state index contributed by atoms with van der Waals surface area (Å²) in [7, 11) is 1.52. The Kier molecular flexibility index (Phi) is 8.14. The van der Waals surface area contributed by atoms with Crippen LogP contribution in [0.3, 0.4) is 0 Å². The molecule has 1 amide bonds. The molecule has 2 aliphatic rings. The highest BCUT2D eigenvalue weighted by Gasteiger charge is 2.35. The number of rotatable bonds is 5. The SMILES string of the molecule is COC(CN)C(=O)NC1CCN(C2CC2)C1.Cl.Cl. The summed E-state index contributed by atoms with van der Waals surface area (Å²) in [5.74, 6) is -0.0763. The van der Waals surface area contributed by atoms with Crippen molar-refractivity contribution in [3.05, 3.63) is 0 Å². The number of amides is 1. The molecule has 7 heteroatoms. The molecule has 18 heavy (non-hydrogen) atoms. The van der Waals surface area contributed by atoms with Crippen molar-refractivity contribution >= 4 is 30.7 Å². The molecule has 1 saturated heterocycles. The minimum absolute atomic E-state index is 0. The first-order chi connectivity index (χ1) is 7.74. The summed E-state index contributed by atoms with van der Waals surface area (Å²) in [5.41, 5.74) is 5.45. The molecule has 0 radical (unpaired) electrons. The topological polar surface area (TPSA) is 67.6 Å². The standard InChI is InChI=1S/C11H21N3O2.2ClH/c1-16-10(6-12)11(15)13-8-4-5-14(7-8)9-2-3-9;;/h8-10H,2-7,12H2,1H3,(H,13,15);2*1H. The van der Waals surface area contributed by atoms with E-state index in [4.69, 9.17) is 10.5 Å². The van der Waals surface area contributed by atoms with E-state index in [1.807, 2.05) is 0 Å². The number of hydrogen-bond acceptors (Lipinski definition) is 4. The van der Waals surface area contributed by atoms with Gasteiger partial charge in [-0.3, -0.25) is 9.69 Å². The molecule has 5 nitrogen and oxygen atoms in total. The van der Waals surface area contributed by atoms with Crippen LogP contribution in [0.15, 0.2) is 0 Å². The number of carbonyl (C=O) groups excluding carboxylic acids is 1. The van der Waals surface area contributed by atoms with E-state index < -0.39 is 6.10 Å². The van der Waals surface area contributed by atoms with Crippen LogP contribution < -0.4 is 11.1 Å². The molecular formula is C11H23Cl2N3O2. The predicted molar refractivity (Wildman–Crippen MR) is 75.5 cm³/mol. The second-order valence-electron chi connectivity index (χ2n) is 4.68. The van der Waals surface area contributed by atoms with Crippen LogP contribution in [0.5, 0.6) is 0 Å². The van der Waals surface area contributed by atoms with E-state index in [1.54, 1.807) is 0 Å². The fourth-order valence-electron chi connectivity index (χ4n) is 2.28. The molecule has 1 aliphatic heterocycles. The number of nitrogens with one attached hydrogen (secondary N) is 1. The number of nitrogens with zero attached hydrogens (tertiary/aromatic N) is 1. The Morgan fingerprint density at radius 3 is 2.61 bits per heavy atom. The van der Waals surface area contributed by atoms with Crippen LogP contribution in [0.25, 0.3) is 0 Å². The molecule has 1 heterocycles. The highest BCUT2D eigenvalue weighted by Crippen LogP contribution is 2.29. The van der Waals surface area contributed by atoms with Gasteiger partial charge in [0.1, 0.15) is 6.10 Å². The molecule has 0 aromatic rings. The third-order valence-corrected chi connectivity index (χ3v) is 3.42. The van der Waals surface area contributed by atoms with Crippen molar-refractivity contribution in [2.45, 2.75) is 37.5 Å². The van der Waals surface area contributed by atoms with Crippen molar-refractivity contribution in [1.29, 1.82) is 0 Å². The summed E-state index contributed by atoms with van der Waals surface area (Å²) in [6.45, 7) is 2.33. The normalized spacial score (nSPS) is 24.9. The lowest BCUT2D eigenvalue weighted by Gasteiger charge is -2.18. The van der Waals surface area contributed by atoms with Crippen LogP contribution in [0.4, 0.5) is 0 Å². The van der Waals surface area contributed by atoms with Crippen molar-refractivity contribution in [2.75, 3.05) is 26.7 Å². The van der Waals surface area contributed by atoms with Gasteiger partial charge in [-0.1, -0.05) is 0 Å². The quantitative estimate of drug-likeness (QED) is 0.759. The predicted octanol–water partition coefficient (Wildman–Crippen LogP) is 0.157. The lowest BCUT2D eigenvalue weighted by molar-refractivity contribution is -0.131. The molecule has 2 fully saturated rings. The Labute approximate surface area is 121 Å². The minimum atomic E-state index is -0.505. The van der Waals surface area contributed by atoms with Gasteiger partial charge in [0.25, 0.3) is 5.91 Å². The maximum atomic E-state index is 11.7. The highest BCUT2D eigenvalue weighted by molar-refractivity contribution is 5.85. The fraction of sp³-hybridized carbons (Fsp3) is 0.909. The zero-order valence-corrected chi connectivity index (χ0v) is 12.3. The molecule has 0 aromatic carbocycles. The van der Waals surface area contributed by atoms with E-state index in [0.29, 0.717) is 0 Å². The van der Waals surface area contributed by atoms with E-state index in [2.05, 4.69) is 10.2 Å². The summed E-state index contributed by atoms with van der Waals surface area (Å²) in [6, 6.07) is 1.06. The van der Waals surface area contributed by atoms with Crippen LogP contribution in [-0.4, -0.2) is 55.7 Å². The molecule has 3 N–H and O–H groups in total. The van der Waals surface area contributed by atoms with E-state index in [9.17, 15) is 4.79 Å². The second kappa shape index (κ2) is 8.17. The van der Waals surface area contributed by atoms with Crippen molar-refractivity contribution in [2.24, 2.45) is 5.73 Å². The third kappa shape index (κ3) is 4.55. The summed E-state index contributed by atoms with van der Waals surface area (Å²) < 4.78 is 5.01. The Morgan fingerprint density at radius 2 is 2.11 bits per heavy atom. The number of nitrogens with two attached hydrogens (primary N) is 1. The molecule has 1 saturated carbocycles. The van der Waals surface area contributed by atoms with E-state index in [1.165, 1.54) is 20.0 Å². The molecule has 108 valence electrons. The lowest BCUT2D eigenvalue weighted by atomic mass is 10.2. The third-order valence-electron chi connectivity index (χ3n) is 3.42. The summed E-state index contributed by atoms with van der Waals surface area (Å²) in [5, 5.41) is 3.01. The molecule has 2 rings (SSSR count). The van der Waals surface area contributed by atoms with Crippen LogP contribution in [0.2, 0.25) is 0 Å². The van der Waals surface area contributed by atoms with Crippen molar-refractivity contribution in [1.82, 2.24) is 10.2 Å². The average Bonchev–Trinajstić information content (AvgIpc) is 3.02. The van der Waals surface area contributed by atoms with E-state index >= 15 is 0 Å². The van der Waals surface area contributed by atoms with Crippen LogP contribution in [0, 0.1) is 0 Å². The molecule has 2 atom stereocenters. The summed E-state index contributed by atoms with van der Waals surface area (Å²) >= 11 is 0. The Bertz CT molecular complexity index is 261. The number of ether oxygens (including phenoxy) is 1. The van der Waals surface area contributed by atoms with Gasteiger partial charge in [-0.25, -0.2) is 0 Å². The van der Waals surface area contributed by atoms with Gasteiger partial charge >= 0.3 is 0 Å². The Morgan fingerprint density at radius 1 is 1.44 bits per heavy atom. The monoisotopic (exact) mass is 299 g/mol. The molecule has 1 aliphatic carbocycles. The highest BCUT2D eigenvalue weighted by atomic mass is 35.5. The number of methoxy groups -OCH3 is 1. The second-order valence-corrected chi connectivity index (χ2v) is 4.68. The van der Waals surface area contributed by atoms with Gasteiger partial charge in [0.15, 0.2) is 0 Å². The maximum absolute atomic E-state index is 11.7. The number of carbonyl (C=O) groups is 1. The first-order valence-corrected chi connectivity index (χ1v) is 6.02. The van der Waals surface area contributed by atoms with Crippen molar-refractivity contribution in [3.63, 3.8) is 0 Å².